The molecule has 4 heterocycles. The van der Waals surface area contributed by atoms with Crippen LogP contribution in [0.15, 0.2) is 24.4 Å². The summed E-state index contributed by atoms with van der Waals surface area (Å²) in [7, 11) is 1.86. The number of piperidine rings is 1. The molecule has 0 radical (unpaired) electrons. The van der Waals surface area contributed by atoms with Crippen LogP contribution in [0.1, 0.15) is 55.2 Å². The standard InChI is InChI=1S/C30H40F4N8O/c1-5-29(2,3)42-27(35)21(15-37-42)28(43)36-12-7-8-23-20(14-30(17-31,18-32)19-33)25-9-6-10-26(41(25)39-23)38-24-11-13-40(4)16-22(24)34/h6,9-10,15,22,24,38H,5,11-14,16-19,35H2,1-4H3,(H,36,43)/t22-,24+/m0/s1. The van der Waals surface area contributed by atoms with Crippen LogP contribution in [0.4, 0.5) is 29.2 Å². The number of hydrogen-bond acceptors (Lipinski definition) is 6. The maximum Gasteiger partial charge on any atom is 0.257 e. The molecule has 1 fully saturated rings. The number of carbonyl (C=O) groups excluding carboxylic acids is 1. The summed E-state index contributed by atoms with van der Waals surface area (Å²) in [5, 5.41) is 14.7. The molecule has 0 aliphatic carbocycles. The second-order valence-electron chi connectivity index (χ2n) is 11.9. The minimum absolute atomic E-state index is 0.0847. The summed E-state index contributed by atoms with van der Waals surface area (Å²) in [5.41, 5.74) is 5.17. The van der Waals surface area contributed by atoms with Gasteiger partial charge in [0.15, 0.2) is 0 Å². The molecule has 1 aliphatic heterocycles. The fourth-order valence-electron chi connectivity index (χ4n) is 5.05. The van der Waals surface area contributed by atoms with Crippen molar-refractivity contribution in [3.05, 3.63) is 41.2 Å². The predicted octanol–water partition coefficient (Wildman–Crippen LogP) is 3.93. The number of anilines is 2. The minimum Gasteiger partial charge on any atom is -0.383 e. The summed E-state index contributed by atoms with van der Waals surface area (Å²) in [6.45, 7) is 3.22. The third-order valence-corrected chi connectivity index (χ3v) is 8.27. The second-order valence-corrected chi connectivity index (χ2v) is 11.9. The van der Waals surface area contributed by atoms with Gasteiger partial charge in [-0.05, 0) is 58.2 Å². The normalized spacial score (nSPS) is 18.0. The van der Waals surface area contributed by atoms with Crippen molar-refractivity contribution in [2.75, 3.05) is 57.8 Å². The summed E-state index contributed by atoms with van der Waals surface area (Å²) in [6, 6.07) is 4.68. The molecule has 4 rings (SSSR count). The van der Waals surface area contributed by atoms with Gasteiger partial charge < -0.3 is 21.3 Å². The van der Waals surface area contributed by atoms with E-state index in [0.29, 0.717) is 23.3 Å². The number of fused-ring (bicyclic) bond motifs is 1. The van der Waals surface area contributed by atoms with E-state index >= 15 is 0 Å². The van der Waals surface area contributed by atoms with Crippen molar-refractivity contribution in [3.63, 3.8) is 0 Å². The van der Waals surface area contributed by atoms with Crippen LogP contribution in [-0.2, 0) is 12.0 Å². The number of alkyl halides is 4. The average Bonchev–Trinajstić information content (AvgIpc) is 3.56. The Morgan fingerprint density at radius 1 is 1.21 bits per heavy atom. The molecule has 0 aromatic carbocycles. The number of halogens is 4. The molecule has 0 spiro atoms. The Kier molecular flexibility index (Phi) is 9.89. The van der Waals surface area contributed by atoms with Crippen molar-refractivity contribution in [1.82, 2.24) is 29.6 Å². The van der Waals surface area contributed by atoms with Crippen molar-refractivity contribution in [3.8, 4) is 11.8 Å². The molecule has 9 nitrogen and oxygen atoms in total. The third-order valence-electron chi connectivity index (χ3n) is 8.27. The van der Waals surface area contributed by atoms with Crippen molar-refractivity contribution in [2.24, 2.45) is 5.41 Å². The largest absolute Gasteiger partial charge is 0.383 e. The highest BCUT2D eigenvalue weighted by Gasteiger charge is 2.34. The van der Waals surface area contributed by atoms with Gasteiger partial charge in [-0.25, -0.2) is 13.6 Å². The quantitative estimate of drug-likeness (QED) is 0.226. The van der Waals surface area contributed by atoms with Gasteiger partial charge in [-0.1, -0.05) is 18.9 Å². The highest BCUT2D eigenvalue weighted by Crippen LogP contribution is 2.31. The number of nitrogen functional groups attached to an aromatic ring is 1. The first-order valence-corrected chi connectivity index (χ1v) is 14.4. The van der Waals surface area contributed by atoms with Gasteiger partial charge >= 0.3 is 0 Å². The molecule has 0 unspecified atom stereocenters. The lowest BCUT2D eigenvalue weighted by atomic mass is 9.85. The number of carbonyl (C=O) groups is 1. The van der Waals surface area contributed by atoms with E-state index in [-0.39, 0.29) is 42.1 Å². The van der Waals surface area contributed by atoms with Crippen molar-refractivity contribution >= 4 is 23.1 Å². The molecule has 2 atom stereocenters. The van der Waals surface area contributed by atoms with Crippen molar-refractivity contribution in [2.45, 2.75) is 57.8 Å². The van der Waals surface area contributed by atoms with Crippen LogP contribution < -0.4 is 16.4 Å². The minimum atomic E-state index is -1.88. The molecular weight excluding hydrogens is 564 g/mol. The number of nitrogens with two attached hydrogens (primary N) is 1. The third kappa shape index (κ3) is 6.74. The molecule has 3 aromatic heterocycles. The van der Waals surface area contributed by atoms with E-state index in [4.69, 9.17) is 5.73 Å². The molecule has 1 saturated heterocycles. The van der Waals surface area contributed by atoms with Crippen LogP contribution in [0.25, 0.3) is 5.52 Å². The Labute approximate surface area is 249 Å². The molecule has 4 N–H and O–H groups in total. The van der Waals surface area contributed by atoms with Gasteiger partial charge in [-0.15, -0.1) is 0 Å². The zero-order chi connectivity index (χ0) is 31.4. The highest BCUT2D eigenvalue weighted by atomic mass is 19.2. The van der Waals surface area contributed by atoms with Crippen LogP contribution in [-0.4, -0.2) is 89.1 Å². The van der Waals surface area contributed by atoms with Gasteiger partial charge in [-0.3, -0.25) is 18.0 Å². The van der Waals surface area contributed by atoms with E-state index < -0.39 is 43.6 Å². The Bertz CT molecular complexity index is 1480. The molecule has 0 bridgehead atoms. The lowest BCUT2D eigenvalue weighted by Crippen LogP contribution is -2.46. The smallest absolute Gasteiger partial charge is 0.257 e. The monoisotopic (exact) mass is 604 g/mol. The molecular formula is C30H40F4N8O. The number of amides is 1. The SMILES string of the molecule is CCC(C)(C)n1ncc(C(=O)NCC#Cc2nn3c(N[C@@H]4CCN(C)C[C@@H]4F)cccc3c2CC(CF)(CF)CF)c1N. The maximum atomic E-state index is 14.8. The van der Waals surface area contributed by atoms with Gasteiger partial charge in [0.2, 0.25) is 0 Å². The predicted molar refractivity (Wildman–Crippen MR) is 159 cm³/mol. The van der Waals surface area contributed by atoms with Crippen LogP contribution in [0.3, 0.4) is 0 Å². The summed E-state index contributed by atoms with van der Waals surface area (Å²) < 4.78 is 59.7. The zero-order valence-electron chi connectivity index (χ0n) is 25.1. The number of likely N-dealkylation sites (tertiary alicyclic amines) is 1. The number of hydrogen-bond donors (Lipinski definition) is 3. The van der Waals surface area contributed by atoms with Gasteiger partial charge in [-0.2, -0.15) is 10.2 Å². The first kappa shape index (κ1) is 32.1. The number of pyridine rings is 1. The molecule has 43 heavy (non-hydrogen) atoms. The van der Waals surface area contributed by atoms with Crippen molar-refractivity contribution in [1.29, 1.82) is 0 Å². The second kappa shape index (κ2) is 13.2. The fourth-order valence-corrected chi connectivity index (χ4v) is 5.05. The summed E-state index contributed by atoms with van der Waals surface area (Å²) in [4.78, 5) is 14.7. The molecule has 0 saturated carbocycles. The number of nitrogens with one attached hydrogen (secondary N) is 2. The average molecular weight is 605 g/mol. The van der Waals surface area contributed by atoms with E-state index in [1.807, 2.05) is 32.7 Å². The molecule has 1 amide bonds. The van der Waals surface area contributed by atoms with Crippen molar-refractivity contribution < 1.29 is 22.4 Å². The Balaban J connectivity index is 1.62. The van der Waals surface area contributed by atoms with Crippen LogP contribution in [0, 0.1) is 17.3 Å². The van der Waals surface area contributed by atoms with E-state index in [1.165, 1.54) is 10.7 Å². The van der Waals surface area contributed by atoms with Crippen LogP contribution >= 0.6 is 0 Å². The van der Waals surface area contributed by atoms with Gasteiger partial charge in [0.05, 0.1) is 35.3 Å². The van der Waals surface area contributed by atoms with Crippen LogP contribution in [0.5, 0.6) is 0 Å². The van der Waals surface area contributed by atoms with Gasteiger partial charge in [0.25, 0.3) is 5.91 Å². The van der Waals surface area contributed by atoms with E-state index in [0.717, 1.165) is 13.0 Å². The zero-order valence-corrected chi connectivity index (χ0v) is 25.1. The van der Waals surface area contributed by atoms with Gasteiger partial charge in [0, 0.05) is 18.7 Å². The Morgan fingerprint density at radius 3 is 2.58 bits per heavy atom. The highest BCUT2D eigenvalue weighted by molar-refractivity contribution is 5.98. The fraction of sp³-hybridized carbons (Fsp3) is 0.567. The van der Waals surface area contributed by atoms with Crippen LogP contribution in [0.2, 0.25) is 0 Å². The summed E-state index contributed by atoms with van der Waals surface area (Å²) in [5.74, 6) is 5.96. The first-order chi connectivity index (χ1) is 20.5. The molecule has 13 heteroatoms. The molecule has 1 aliphatic rings. The number of nitrogens with zero attached hydrogens (tertiary/aromatic N) is 5. The summed E-state index contributed by atoms with van der Waals surface area (Å²) in [6.07, 6.45) is 1.33. The first-order valence-electron chi connectivity index (χ1n) is 14.4. The van der Waals surface area contributed by atoms with E-state index in [2.05, 4.69) is 32.7 Å². The lowest BCUT2D eigenvalue weighted by molar-refractivity contribution is 0.0959. The molecule has 234 valence electrons. The van der Waals surface area contributed by atoms with E-state index in [9.17, 15) is 22.4 Å². The van der Waals surface area contributed by atoms with Gasteiger partial charge in [0.1, 0.15) is 49.1 Å². The lowest BCUT2D eigenvalue weighted by Gasteiger charge is -2.33. The molecule has 3 aromatic rings. The Morgan fingerprint density at radius 2 is 1.93 bits per heavy atom. The maximum absolute atomic E-state index is 14.8. The Hall–Kier alpha value is -3.79. The number of rotatable bonds is 11. The summed E-state index contributed by atoms with van der Waals surface area (Å²) >= 11 is 0. The number of aromatic nitrogens is 4. The topological polar surface area (TPSA) is 106 Å². The van der Waals surface area contributed by atoms with E-state index in [1.54, 1.807) is 22.9 Å².